The maximum Gasteiger partial charge on any atom is 0.191 e. The standard InChI is InChI=1S/C18H21Cl2N5S.HI/c19-13-1-2-14(16(20)10-13)15-9-12(15)11-23-17(21)24-4-6-25(7-5-24)18-22-3-8-26-18;/h1-3,8,10,12,15H,4-7,9,11H2,(H2,21,23);1H. The molecule has 4 rings (SSSR count). The second-order valence-corrected chi connectivity index (χ2v) is 8.47. The van der Waals surface area contributed by atoms with Gasteiger partial charge in [0, 0.05) is 54.3 Å². The molecule has 2 unspecified atom stereocenters. The predicted molar refractivity (Wildman–Crippen MR) is 125 cm³/mol. The first-order chi connectivity index (χ1) is 12.6. The molecule has 1 aromatic carbocycles. The van der Waals surface area contributed by atoms with Crippen LogP contribution in [-0.2, 0) is 0 Å². The van der Waals surface area contributed by atoms with Crippen LogP contribution in [0.2, 0.25) is 10.0 Å². The molecule has 2 N–H and O–H groups in total. The predicted octanol–water partition coefficient (Wildman–Crippen LogP) is 4.31. The third-order valence-corrected chi connectivity index (χ3v) is 6.46. The Morgan fingerprint density at radius 3 is 2.70 bits per heavy atom. The van der Waals surface area contributed by atoms with Crippen LogP contribution in [0.15, 0.2) is 34.8 Å². The number of hydrogen-bond donors (Lipinski definition) is 1. The number of aromatic nitrogens is 1. The van der Waals surface area contributed by atoms with Crippen LogP contribution in [-0.4, -0.2) is 48.6 Å². The normalized spacial score (nSPS) is 22.5. The van der Waals surface area contributed by atoms with E-state index in [2.05, 4.69) is 19.8 Å². The number of anilines is 1. The third-order valence-electron chi connectivity index (χ3n) is 5.07. The van der Waals surface area contributed by atoms with E-state index >= 15 is 0 Å². The molecule has 5 nitrogen and oxygen atoms in total. The topological polar surface area (TPSA) is 57.8 Å². The summed E-state index contributed by atoms with van der Waals surface area (Å²) >= 11 is 14.0. The van der Waals surface area contributed by atoms with Crippen LogP contribution in [0.1, 0.15) is 17.9 Å². The minimum absolute atomic E-state index is 0. The number of halogens is 3. The SMILES string of the molecule is I.NC(=NCC1CC1c1ccc(Cl)cc1Cl)N1CCN(c2nccs2)CC1. The second kappa shape index (κ2) is 9.15. The molecule has 2 heterocycles. The van der Waals surface area contributed by atoms with Gasteiger partial charge < -0.3 is 15.5 Å². The van der Waals surface area contributed by atoms with Gasteiger partial charge in [-0.3, -0.25) is 4.99 Å². The molecular formula is C18H22Cl2IN5S. The molecule has 0 spiro atoms. The van der Waals surface area contributed by atoms with Crippen molar-refractivity contribution in [3.05, 3.63) is 45.4 Å². The molecule has 2 fully saturated rings. The Balaban J connectivity index is 0.00000210. The van der Waals surface area contributed by atoms with Gasteiger partial charge in [0.1, 0.15) is 0 Å². The van der Waals surface area contributed by atoms with E-state index in [9.17, 15) is 0 Å². The summed E-state index contributed by atoms with van der Waals surface area (Å²) in [6.45, 7) is 4.37. The van der Waals surface area contributed by atoms with Gasteiger partial charge in [-0.15, -0.1) is 35.3 Å². The number of benzene rings is 1. The molecule has 2 aromatic rings. The second-order valence-electron chi connectivity index (χ2n) is 6.76. The highest BCUT2D eigenvalue weighted by atomic mass is 127. The number of thiazole rings is 1. The largest absolute Gasteiger partial charge is 0.370 e. The fourth-order valence-electron chi connectivity index (χ4n) is 3.44. The summed E-state index contributed by atoms with van der Waals surface area (Å²) in [5, 5.41) is 4.52. The van der Waals surface area contributed by atoms with Crippen LogP contribution in [0, 0.1) is 5.92 Å². The third kappa shape index (κ3) is 4.99. The van der Waals surface area contributed by atoms with Crippen LogP contribution in [0.5, 0.6) is 0 Å². The molecule has 1 aliphatic heterocycles. The first-order valence-electron chi connectivity index (χ1n) is 8.76. The Bertz CT molecular complexity index is 793. The van der Waals surface area contributed by atoms with Gasteiger partial charge in [0.25, 0.3) is 0 Å². The summed E-state index contributed by atoms with van der Waals surface area (Å²) in [5.74, 6) is 1.64. The quantitative estimate of drug-likeness (QED) is 0.359. The first-order valence-corrected chi connectivity index (χ1v) is 10.4. The molecule has 0 bridgehead atoms. The van der Waals surface area contributed by atoms with Crippen molar-refractivity contribution in [3.63, 3.8) is 0 Å². The average molecular weight is 538 g/mol. The zero-order chi connectivity index (χ0) is 18.1. The van der Waals surface area contributed by atoms with Crippen molar-refractivity contribution in [2.24, 2.45) is 16.6 Å². The fourth-order valence-corrected chi connectivity index (χ4v) is 4.69. The van der Waals surface area contributed by atoms with Gasteiger partial charge in [0.2, 0.25) is 0 Å². The highest BCUT2D eigenvalue weighted by Crippen LogP contribution is 2.50. The van der Waals surface area contributed by atoms with Crippen molar-refractivity contribution in [3.8, 4) is 0 Å². The van der Waals surface area contributed by atoms with Gasteiger partial charge in [-0.2, -0.15) is 0 Å². The molecule has 2 atom stereocenters. The smallest absolute Gasteiger partial charge is 0.191 e. The lowest BCUT2D eigenvalue weighted by Gasteiger charge is -2.35. The van der Waals surface area contributed by atoms with Gasteiger partial charge >= 0.3 is 0 Å². The number of rotatable bonds is 4. The number of piperazine rings is 1. The molecule has 1 aromatic heterocycles. The van der Waals surface area contributed by atoms with Crippen LogP contribution < -0.4 is 10.6 Å². The number of aliphatic imine (C=N–C) groups is 1. The maximum absolute atomic E-state index is 6.31. The molecule has 146 valence electrons. The van der Waals surface area contributed by atoms with Crippen LogP contribution in [0.4, 0.5) is 5.13 Å². The number of hydrogen-bond acceptors (Lipinski definition) is 4. The number of nitrogens with two attached hydrogens (primary N) is 1. The fraction of sp³-hybridized carbons (Fsp3) is 0.444. The lowest BCUT2D eigenvalue weighted by atomic mass is 10.1. The monoisotopic (exact) mass is 537 g/mol. The van der Waals surface area contributed by atoms with Gasteiger partial charge in [-0.05, 0) is 36.0 Å². The van der Waals surface area contributed by atoms with E-state index in [1.807, 2.05) is 29.8 Å². The van der Waals surface area contributed by atoms with Crippen molar-refractivity contribution in [2.45, 2.75) is 12.3 Å². The Labute approximate surface area is 190 Å². The van der Waals surface area contributed by atoms with Crippen molar-refractivity contribution in [2.75, 3.05) is 37.6 Å². The Kier molecular flexibility index (Phi) is 7.10. The minimum Gasteiger partial charge on any atom is -0.370 e. The van der Waals surface area contributed by atoms with Crippen molar-refractivity contribution >= 4 is 69.6 Å². The summed E-state index contributed by atoms with van der Waals surface area (Å²) in [7, 11) is 0. The van der Waals surface area contributed by atoms with Crippen LogP contribution >= 0.6 is 58.5 Å². The van der Waals surface area contributed by atoms with Crippen molar-refractivity contribution < 1.29 is 0 Å². The van der Waals surface area contributed by atoms with E-state index in [-0.39, 0.29) is 24.0 Å². The Morgan fingerprint density at radius 1 is 1.26 bits per heavy atom. The van der Waals surface area contributed by atoms with Gasteiger partial charge in [-0.25, -0.2) is 4.98 Å². The molecule has 2 aliphatic rings. The molecule has 0 radical (unpaired) electrons. The molecule has 0 amide bonds. The van der Waals surface area contributed by atoms with E-state index in [1.165, 1.54) is 5.56 Å². The van der Waals surface area contributed by atoms with Crippen LogP contribution in [0.3, 0.4) is 0 Å². The molecule has 27 heavy (non-hydrogen) atoms. The minimum atomic E-state index is 0. The summed E-state index contributed by atoms with van der Waals surface area (Å²) in [6, 6.07) is 5.74. The number of nitrogens with zero attached hydrogens (tertiary/aromatic N) is 4. The molecule has 9 heteroatoms. The summed E-state index contributed by atoms with van der Waals surface area (Å²) in [4.78, 5) is 13.5. The van der Waals surface area contributed by atoms with E-state index < -0.39 is 0 Å². The lowest BCUT2D eigenvalue weighted by Crippen LogP contribution is -2.51. The summed E-state index contributed by atoms with van der Waals surface area (Å²) < 4.78 is 0. The zero-order valence-electron chi connectivity index (χ0n) is 14.7. The van der Waals surface area contributed by atoms with Gasteiger partial charge in [0.05, 0.1) is 0 Å². The first kappa shape index (κ1) is 21.0. The zero-order valence-corrected chi connectivity index (χ0v) is 19.4. The average Bonchev–Trinajstić information content (AvgIpc) is 3.19. The number of guanidine groups is 1. The molecule has 1 saturated heterocycles. The highest BCUT2D eigenvalue weighted by Gasteiger charge is 2.39. The summed E-state index contributed by atoms with van der Waals surface area (Å²) in [5.41, 5.74) is 7.40. The van der Waals surface area contributed by atoms with E-state index in [1.54, 1.807) is 11.3 Å². The highest BCUT2D eigenvalue weighted by molar-refractivity contribution is 14.0. The van der Waals surface area contributed by atoms with E-state index in [0.717, 1.165) is 49.3 Å². The van der Waals surface area contributed by atoms with Crippen molar-refractivity contribution in [1.82, 2.24) is 9.88 Å². The molecular weight excluding hydrogens is 516 g/mol. The van der Waals surface area contributed by atoms with Crippen LogP contribution in [0.25, 0.3) is 0 Å². The maximum atomic E-state index is 6.31. The Morgan fingerprint density at radius 2 is 2.04 bits per heavy atom. The van der Waals surface area contributed by atoms with Crippen molar-refractivity contribution in [1.29, 1.82) is 0 Å². The Hall–Kier alpha value is -0.770. The van der Waals surface area contributed by atoms with E-state index in [4.69, 9.17) is 28.9 Å². The molecule has 1 saturated carbocycles. The molecule has 1 aliphatic carbocycles. The van der Waals surface area contributed by atoms with E-state index in [0.29, 0.717) is 22.8 Å². The lowest BCUT2D eigenvalue weighted by molar-refractivity contribution is 0.380. The summed E-state index contributed by atoms with van der Waals surface area (Å²) in [6.07, 6.45) is 2.96. The van der Waals surface area contributed by atoms with Gasteiger partial charge in [-0.1, -0.05) is 29.3 Å². The van der Waals surface area contributed by atoms with Gasteiger partial charge in [0.15, 0.2) is 11.1 Å².